The van der Waals surface area contributed by atoms with Gasteiger partial charge in [-0.1, -0.05) is 0 Å². The van der Waals surface area contributed by atoms with Crippen molar-refractivity contribution in [3.8, 4) is 5.75 Å². The van der Waals surface area contributed by atoms with E-state index in [4.69, 9.17) is 4.74 Å². The van der Waals surface area contributed by atoms with Gasteiger partial charge in [0.15, 0.2) is 6.10 Å². The second-order valence-corrected chi connectivity index (χ2v) is 6.31. The van der Waals surface area contributed by atoms with Gasteiger partial charge in [0.2, 0.25) is 0 Å². The fourth-order valence-electron chi connectivity index (χ4n) is 1.66. The van der Waals surface area contributed by atoms with E-state index in [2.05, 4.69) is 10.1 Å². The topological polar surface area (TPSA) is 93.7 Å². The quantitative estimate of drug-likeness (QED) is 0.788. The zero-order chi connectivity index (χ0) is 20.1. The average Bonchev–Trinajstić information content (AvgIpc) is 2.43. The molecule has 26 heavy (non-hydrogen) atoms. The van der Waals surface area contributed by atoms with Gasteiger partial charge in [0.25, 0.3) is 5.91 Å². The minimum absolute atomic E-state index is 0.0849. The lowest BCUT2D eigenvalue weighted by atomic mass is 10.1. The van der Waals surface area contributed by atoms with Gasteiger partial charge in [0.05, 0.1) is 5.56 Å². The van der Waals surface area contributed by atoms with Crippen LogP contribution in [0.25, 0.3) is 0 Å². The molecule has 0 aliphatic heterocycles. The fourth-order valence-corrected chi connectivity index (χ4v) is 1.66. The summed E-state index contributed by atoms with van der Waals surface area (Å²) in [6.45, 7) is 6.39. The summed E-state index contributed by atoms with van der Waals surface area (Å²) in [7, 11) is 0. The number of rotatable bonds is 4. The molecule has 0 saturated heterocycles. The summed E-state index contributed by atoms with van der Waals surface area (Å²) >= 11 is 0. The standard InChI is InChI=1S/C16H19F3N2O5/c1-9(12(22)20-14(24)21-15(2,3)4)25-13(23)10-5-7-11(8-6-10)26-16(17,18)19/h5-9H,1-4H3,(H2,20,21,22,24)/t9-/m1/s1. The van der Waals surface area contributed by atoms with Crippen molar-refractivity contribution in [2.75, 3.05) is 0 Å². The van der Waals surface area contributed by atoms with E-state index < -0.39 is 41.7 Å². The molecular weight excluding hydrogens is 357 g/mol. The van der Waals surface area contributed by atoms with Crippen LogP contribution in [0.1, 0.15) is 38.1 Å². The maximum absolute atomic E-state index is 12.1. The molecular formula is C16H19F3N2O5. The maximum Gasteiger partial charge on any atom is 0.573 e. The molecule has 144 valence electrons. The molecule has 2 N–H and O–H groups in total. The van der Waals surface area contributed by atoms with Crippen LogP contribution in [0.5, 0.6) is 5.75 Å². The number of imide groups is 1. The summed E-state index contributed by atoms with van der Waals surface area (Å²) in [5, 5.41) is 4.51. The Hall–Kier alpha value is -2.78. The van der Waals surface area contributed by atoms with Crippen LogP contribution in [0.3, 0.4) is 0 Å². The lowest BCUT2D eigenvalue weighted by Gasteiger charge is -2.21. The number of amides is 3. The molecule has 3 amide bonds. The Labute approximate surface area is 147 Å². The van der Waals surface area contributed by atoms with Crippen molar-refractivity contribution >= 4 is 17.9 Å². The summed E-state index contributed by atoms with van der Waals surface area (Å²) in [5.41, 5.74) is -0.650. The van der Waals surface area contributed by atoms with E-state index in [0.717, 1.165) is 24.3 Å². The van der Waals surface area contributed by atoms with E-state index in [1.54, 1.807) is 20.8 Å². The molecule has 0 spiro atoms. The number of halogens is 3. The number of urea groups is 1. The maximum atomic E-state index is 12.1. The number of hydrogen-bond acceptors (Lipinski definition) is 5. The van der Waals surface area contributed by atoms with Gasteiger partial charge < -0.3 is 14.8 Å². The van der Waals surface area contributed by atoms with Gasteiger partial charge in [-0.15, -0.1) is 13.2 Å². The number of carbonyl (C=O) groups is 3. The minimum atomic E-state index is -4.84. The lowest BCUT2D eigenvalue weighted by Crippen LogP contribution is -2.50. The molecule has 0 aromatic heterocycles. The zero-order valence-corrected chi connectivity index (χ0v) is 14.6. The summed E-state index contributed by atoms with van der Waals surface area (Å²) < 4.78 is 44.8. The molecule has 10 heteroatoms. The van der Waals surface area contributed by atoms with Crippen LogP contribution in [-0.2, 0) is 9.53 Å². The summed E-state index contributed by atoms with van der Waals surface area (Å²) in [6, 6.07) is 3.23. The Morgan fingerprint density at radius 3 is 2.04 bits per heavy atom. The van der Waals surface area contributed by atoms with Gasteiger partial charge in [-0.05, 0) is 52.0 Å². The normalized spacial score (nSPS) is 12.7. The van der Waals surface area contributed by atoms with Crippen molar-refractivity contribution in [3.05, 3.63) is 29.8 Å². The van der Waals surface area contributed by atoms with E-state index in [1.807, 2.05) is 5.32 Å². The third-order valence-corrected chi connectivity index (χ3v) is 2.70. The molecule has 7 nitrogen and oxygen atoms in total. The second kappa shape index (κ2) is 8.07. The largest absolute Gasteiger partial charge is 0.573 e. The zero-order valence-electron chi connectivity index (χ0n) is 14.6. The van der Waals surface area contributed by atoms with Crippen LogP contribution in [0, 0.1) is 0 Å². The molecule has 0 fully saturated rings. The Morgan fingerprint density at radius 1 is 1.04 bits per heavy atom. The van der Waals surface area contributed by atoms with Gasteiger partial charge >= 0.3 is 18.4 Å². The van der Waals surface area contributed by atoms with Crippen molar-refractivity contribution in [3.63, 3.8) is 0 Å². The summed E-state index contributed by atoms with van der Waals surface area (Å²) in [5.74, 6) is -2.29. The van der Waals surface area contributed by atoms with E-state index in [1.165, 1.54) is 6.92 Å². The van der Waals surface area contributed by atoms with Crippen LogP contribution in [0.4, 0.5) is 18.0 Å². The number of esters is 1. The average molecular weight is 376 g/mol. The molecule has 1 rings (SSSR count). The van der Waals surface area contributed by atoms with E-state index in [9.17, 15) is 27.6 Å². The van der Waals surface area contributed by atoms with Crippen LogP contribution in [0.2, 0.25) is 0 Å². The van der Waals surface area contributed by atoms with Gasteiger partial charge in [-0.3, -0.25) is 10.1 Å². The predicted octanol–water partition coefficient (Wildman–Crippen LogP) is 2.75. The Morgan fingerprint density at radius 2 is 1.58 bits per heavy atom. The molecule has 1 aromatic carbocycles. The molecule has 1 atom stereocenters. The van der Waals surface area contributed by atoms with Crippen molar-refractivity contribution in [1.29, 1.82) is 0 Å². The molecule has 1 aromatic rings. The Balaban J connectivity index is 2.61. The highest BCUT2D eigenvalue weighted by Gasteiger charge is 2.31. The lowest BCUT2D eigenvalue weighted by molar-refractivity contribution is -0.274. The smallest absolute Gasteiger partial charge is 0.449 e. The van der Waals surface area contributed by atoms with E-state index in [0.29, 0.717) is 0 Å². The van der Waals surface area contributed by atoms with E-state index in [-0.39, 0.29) is 5.56 Å². The Bertz CT molecular complexity index is 666. The van der Waals surface area contributed by atoms with Gasteiger partial charge in [0.1, 0.15) is 5.75 Å². The van der Waals surface area contributed by atoms with Crippen molar-refractivity contribution in [2.24, 2.45) is 0 Å². The van der Waals surface area contributed by atoms with Crippen LogP contribution in [-0.4, -0.2) is 35.9 Å². The second-order valence-electron chi connectivity index (χ2n) is 6.31. The molecule has 0 bridgehead atoms. The van der Waals surface area contributed by atoms with Gasteiger partial charge in [-0.25, -0.2) is 9.59 Å². The van der Waals surface area contributed by atoms with E-state index >= 15 is 0 Å². The first-order valence-electron chi connectivity index (χ1n) is 7.46. The number of carbonyl (C=O) groups excluding carboxylic acids is 3. The first kappa shape index (κ1) is 21.3. The van der Waals surface area contributed by atoms with Gasteiger partial charge in [-0.2, -0.15) is 0 Å². The Kier molecular flexibility index (Phi) is 6.60. The van der Waals surface area contributed by atoms with Crippen LogP contribution >= 0.6 is 0 Å². The SMILES string of the molecule is C[C@@H](OC(=O)c1ccc(OC(F)(F)F)cc1)C(=O)NC(=O)NC(C)(C)C. The predicted molar refractivity (Wildman–Crippen MR) is 84.4 cm³/mol. The summed E-state index contributed by atoms with van der Waals surface area (Å²) in [6.07, 6.45) is -6.14. The minimum Gasteiger partial charge on any atom is -0.449 e. The fraction of sp³-hybridized carbons (Fsp3) is 0.438. The molecule has 0 unspecified atom stereocenters. The highest BCUT2D eigenvalue weighted by molar-refractivity contribution is 5.98. The highest BCUT2D eigenvalue weighted by Crippen LogP contribution is 2.23. The molecule has 0 heterocycles. The van der Waals surface area contributed by atoms with Crippen LogP contribution < -0.4 is 15.4 Å². The van der Waals surface area contributed by atoms with Gasteiger partial charge in [0, 0.05) is 5.54 Å². The van der Waals surface area contributed by atoms with Crippen molar-refractivity contribution in [2.45, 2.75) is 45.7 Å². The molecule has 0 aliphatic rings. The molecule has 0 radical (unpaired) electrons. The third kappa shape index (κ3) is 7.86. The number of benzene rings is 1. The third-order valence-electron chi connectivity index (χ3n) is 2.70. The summed E-state index contributed by atoms with van der Waals surface area (Å²) in [4.78, 5) is 35.3. The first-order valence-corrected chi connectivity index (χ1v) is 7.46. The number of ether oxygens (including phenoxy) is 2. The number of hydrogen-bond donors (Lipinski definition) is 2. The first-order chi connectivity index (χ1) is 11.8. The highest BCUT2D eigenvalue weighted by atomic mass is 19.4. The van der Waals surface area contributed by atoms with Crippen molar-refractivity contribution < 1.29 is 37.0 Å². The monoisotopic (exact) mass is 376 g/mol. The number of alkyl halides is 3. The van der Waals surface area contributed by atoms with Crippen LogP contribution in [0.15, 0.2) is 24.3 Å². The van der Waals surface area contributed by atoms with Crippen molar-refractivity contribution in [1.82, 2.24) is 10.6 Å². The number of nitrogens with one attached hydrogen (secondary N) is 2. The molecule has 0 aliphatic carbocycles. The molecule has 0 saturated carbocycles.